The highest BCUT2D eigenvalue weighted by Gasteiger charge is 2.19. The lowest BCUT2D eigenvalue weighted by Gasteiger charge is -2.13. The molecule has 178 valence electrons. The van der Waals surface area contributed by atoms with Crippen LogP contribution in [0.25, 0.3) is 0 Å². The Balaban J connectivity index is 2.21. The van der Waals surface area contributed by atoms with E-state index in [1.807, 2.05) is 37.3 Å². The minimum atomic E-state index is -0.211. The number of carbonyl (C=O) groups is 1. The number of thioether (sulfide) groups is 1. The molecule has 1 aromatic carbocycles. The van der Waals surface area contributed by atoms with Gasteiger partial charge >= 0.3 is 5.97 Å². The van der Waals surface area contributed by atoms with Crippen molar-refractivity contribution in [2.75, 3.05) is 6.61 Å². The molecule has 1 atom stereocenters. The third-order valence-corrected chi connectivity index (χ3v) is 5.73. The van der Waals surface area contributed by atoms with E-state index in [9.17, 15) is 4.79 Å². The maximum Gasteiger partial charge on any atom is 0.319 e. The first-order chi connectivity index (χ1) is 16.3. The Morgan fingerprint density at radius 2 is 1.18 bits per heavy atom. The number of rotatable bonds is 17. The van der Waals surface area contributed by atoms with E-state index in [4.69, 9.17) is 4.74 Å². The number of hydrogen-bond acceptors (Lipinski definition) is 3. The lowest BCUT2D eigenvalue weighted by atomic mass is 10.2. The van der Waals surface area contributed by atoms with Crippen molar-refractivity contribution in [3.8, 4) is 0 Å². The number of benzene rings is 1. The van der Waals surface area contributed by atoms with E-state index < -0.39 is 0 Å². The van der Waals surface area contributed by atoms with Crippen LogP contribution in [0.15, 0.2) is 108 Å². The second-order valence-corrected chi connectivity index (χ2v) is 8.60. The lowest BCUT2D eigenvalue weighted by Crippen LogP contribution is -2.19. The maximum absolute atomic E-state index is 12.3. The Kier molecular flexibility index (Phi) is 18.4. The first kappa shape index (κ1) is 28.5. The Morgan fingerprint density at radius 1 is 0.727 bits per heavy atom. The molecule has 0 aliphatic rings. The first-order valence-corrected chi connectivity index (χ1v) is 12.9. The monoisotopic (exact) mass is 464 g/mol. The van der Waals surface area contributed by atoms with Crippen molar-refractivity contribution in [3.05, 3.63) is 103 Å². The molecule has 2 nitrogen and oxygen atoms in total. The van der Waals surface area contributed by atoms with Gasteiger partial charge in [0.2, 0.25) is 0 Å². The van der Waals surface area contributed by atoms with Crippen molar-refractivity contribution in [3.63, 3.8) is 0 Å². The van der Waals surface area contributed by atoms with Crippen molar-refractivity contribution >= 4 is 17.7 Å². The minimum Gasteiger partial charge on any atom is -0.465 e. The zero-order valence-corrected chi connectivity index (χ0v) is 21.1. The number of carbonyl (C=O) groups excluding carboxylic acids is 1. The van der Waals surface area contributed by atoms with E-state index in [2.05, 4.69) is 79.8 Å². The smallest absolute Gasteiger partial charge is 0.319 e. The summed E-state index contributed by atoms with van der Waals surface area (Å²) in [7, 11) is 0. The Hall–Kier alpha value is -2.52. The molecule has 0 N–H and O–H groups in total. The highest BCUT2D eigenvalue weighted by molar-refractivity contribution is 8.00. The molecular weight excluding hydrogens is 424 g/mol. The fourth-order valence-corrected chi connectivity index (χ4v) is 3.85. The van der Waals surface area contributed by atoms with Crippen LogP contribution in [0.4, 0.5) is 0 Å². The molecule has 3 heteroatoms. The molecule has 0 aliphatic heterocycles. The zero-order valence-electron chi connectivity index (χ0n) is 20.3. The van der Waals surface area contributed by atoms with Crippen molar-refractivity contribution < 1.29 is 9.53 Å². The van der Waals surface area contributed by atoms with Crippen LogP contribution in [0.1, 0.15) is 58.8 Å². The standard InChI is InChI=1S/C30H40O2S/c1-3-5-6-7-8-9-10-11-12-13-14-15-16-17-18-19-20-24-27-29(30(31)32-4-2)33-28-25-22-21-23-26-28/h5-6,8-9,11-12,14-15,17-18,20-26,29H,3-4,7,10,13,16,19,27H2,1-2H3. The first-order valence-electron chi connectivity index (χ1n) is 12.1. The van der Waals surface area contributed by atoms with Crippen molar-refractivity contribution in [2.24, 2.45) is 0 Å². The molecule has 1 aromatic rings. The van der Waals surface area contributed by atoms with Gasteiger partial charge in [-0.2, -0.15) is 0 Å². The molecule has 0 aromatic heterocycles. The summed E-state index contributed by atoms with van der Waals surface area (Å²) in [5.74, 6) is -0.147. The van der Waals surface area contributed by atoms with Crippen LogP contribution in [0.3, 0.4) is 0 Å². The molecule has 0 fully saturated rings. The molecule has 0 radical (unpaired) electrons. The van der Waals surface area contributed by atoms with E-state index in [0.29, 0.717) is 13.0 Å². The van der Waals surface area contributed by atoms with Gasteiger partial charge < -0.3 is 4.74 Å². The summed E-state index contributed by atoms with van der Waals surface area (Å²) in [5.41, 5.74) is 0. The van der Waals surface area contributed by atoms with Crippen LogP contribution in [0, 0.1) is 0 Å². The van der Waals surface area contributed by atoms with Gasteiger partial charge in [0, 0.05) is 4.90 Å². The molecule has 0 spiro atoms. The van der Waals surface area contributed by atoms with Gasteiger partial charge in [0.15, 0.2) is 0 Å². The van der Waals surface area contributed by atoms with Gasteiger partial charge in [-0.1, -0.05) is 98.0 Å². The summed E-state index contributed by atoms with van der Waals surface area (Å²) in [6.45, 7) is 4.41. The normalized spacial score (nSPS) is 13.5. The SMILES string of the molecule is CCC=CCC=CCC=CCC=CCC=CCC=CCC(Sc1ccccc1)C(=O)OCC. The second-order valence-electron chi connectivity index (χ2n) is 7.32. The van der Waals surface area contributed by atoms with E-state index in [1.54, 1.807) is 11.8 Å². The van der Waals surface area contributed by atoms with Gasteiger partial charge in [-0.3, -0.25) is 4.79 Å². The van der Waals surface area contributed by atoms with Gasteiger partial charge in [-0.15, -0.1) is 11.8 Å². The second kappa shape index (κ2) is 21.3. The van der Waals surface area contributed by atoms with Gasteiger partial charge in [-0.25, -0.2) is 0 Å². The Morgan fingerprint density at radius 3 is 1.64 bits per heavy atom. The topological polar surface area (TPSA) is 26.3 Å². The van der Waals surface area contributed by atoms with Crippen LogP contribution in [0.5, 0.6) is 0 Å². The molecule has 0 saturated carbocycles. The number of esters is 1. The average molecular weight is 465 g/mol. The van der Waals surface area contributed by atoms with Crippen molar-refractivity contribution in [2.45, 2.75) is 68.9 Å². The molecular formula is C30H40O2S. The average Bonchev–Trinajstić information content (AvgIpc) is 2.83. The van der Waals surface area contributed by atoms with Gasteiger partial charge in [0.05, 0.1) is 6.61 Å². The zero-order chi connectivity index (χ0) is 23.8. The molecule has 0 amide bonds. The molecule has 0 bridgehead atoms. The summed E-state index contributed by atoms with van der Waals surface area (Å²) in [4.78, 5) is 13.3. The fourth-order valence-electron chi connectivity index (χ4n) is 2.83. The molecule has 33 heavy (non-hydrogen) atoms. The molecule has 0 saturated heterocycles. The minimum absolute atomic E-state index is 0.147. The summed E-state index contributed by atoms with van der Waals surface area (Å²) >= 11 is 1.56. The van der Waals surface area contributed by atoms with E-state index in [0.717, 1.165) is 43.4 Å². The van der Waals surface area contributed by atoms with E-state index in [1.165, 1.54) is 0 Å². The van der Waals surface area contributed by atoms with Crippen molar-refractivity contribution in [1.29, 1.82) is 0 Å². The van der Waals surface area contributed by atoms with Crippen LogP contribution in [-0.2, 0) is 9.53 Å². The molecule has 0 aliphatic carbocycles. The van der Waals surface area contributed by atoms with Gasteiger partial charge in [0.1, 0.15) is 5.25 Å². The summed E-state index contributed by atoms with van der Waals surface area (Å²) in [6, 6.07) is 10.0. The third kappa shape index (κ3) is 16.7. The third-order valence-electron chi connectivity index (χ3n) is 4.52. The summed E-state index contributed by atoms with van der Waals surface area (Å²) in [6.07, 6.45) is 32.8. The predicted octanol–water partition coefficient (Wildman–Crippen LogP) is 8.80. The number of ether oxygens (including phenoxy) is 1. The van der Waals surface area contributed by atoms with E-state index >= 15 is 0 Å². The summed E-state index contributed by atoms with van der Waals surface area (Å²) in [5, 5.41) is -0.211. The molecule has 0 heterocycles. The quantitative estimate of drug-likeness (QED) is 0.131. The Bertz CT molecular complexity index is 785. The van der Waals surface area contributed by atoms with Crippen LogP contribution in [-0.4, -0.2) is 17.8 Å². The largest absolute Gasteiger partial charge is 0.465 e. The van der Waals surface area contributed by atoms with E-state index in [-0.39, 0.29) is 11.2 Å². The Labute approximate surface area is 205 Å². The molecule has 1 rings (SSSR count). The highest BCUT2D eigenvalue weighted by atomic mass is 32.2. The van der Waals surface area contributed by atoms with Gasteiger partial charge in [-0.05, 0) is 64.0 Å². The van der Waals surface area contributed by atoms with Crippen molar-refractivity contribution in [1.82, 2.24) is 0 Å². The number of allylic oxidation sites excluding steroid dienone is 12. The van der Waals surface area contributed by atoms with Crippen LogP contribution >= 0.6 is 11.8 Å². The highest BCUT2D eigenvalue weighted by Crippen LogP contribution is 2.26. The van der Waals surface area contributed by atoms with Crippen LogP contribution < -0.4 is 0 Å². The fraction of sp³-hybridized carbons (Fsp3) is 0.367. The number of hydrogen-bond donors (Lipinski definition) is 0. The van der Waals surface area contributed by atoms with Crippen LogP contribution in [0.2, 0.25) is 0 Å². The predicted molar refractivity (Wildman–Crippen MR) is 146 cm³/mol. The van der Waals surface area contributed by atoms with Gasteiger partial charge in [0.25, 0.3) is 0 Å². The lowest BCUT2D eigenvalue weighted by molar-refractivity contribution is -0.142. The summed E-state index contributed by atoms with van der Waals surface area (Å²) < 4.78 is 5.24. The molecule has 1 unspecified atom stereocenters. The maximum atomic E-state index is 12.3.